The van der Waals surface area contributed by atoms with Crippen molar-refractivity contribution in [2.24, 2.45) is 0 Å². The van der Waals surface area contributed by atoms with Crippen LogP contribution in [0.4, 0.5) is 0 Å². The SMILES string of the molecule is Cc1cn2[c-]ncc2c2c1CCC2.[W]. The van der Waals surface area contributed by atoms with Crippen LogP contribution in [0.5, 0.6) is 0 Å². The van der Waals surface area contributed by atoms with E-state index in [0.29, 0.717) is 0 Å². The van der Waals surface area contributed by atoms with Crippen molar-refractivity contribution in [3.8, 4) is 0 Å². The average Bonchev–Trinajstić information content (AvgIpc) is 2.66. The molecule has 2 nitrogen and oxygen atoms in total. The Morgan fingerprint density at radius 2 is 2.14 bits per heavy atom. The van der Waals surface area contributed by atoms with Gasteiger partial charge in [0, 0.05) is 27.4 Å². The molecule has 0 fully saturated rings. The number of rotatable bonds is 0. The van der Waals surface area contributed by atoms with Crippen LogP contribution in [0.25, 0.3) is 5.52 Å². The van der Waals surface area contributed by atoms with E-state index in [9.17, 15) is 0 Å². The molecule has 0 amide bonds. The molecule has 0 aromatic carbocycles. The van der Waals surface area contributed by atoms with Crippen LogP contribution >= 0.6 is 0 Å². The second kappa shape index (κ2) is 3.51. The van der Waals surface area contributed by atoms with Gasteiger partial charge < -0.3 is 9.38 Å². The third kappa shape index (κ3) is 1.24. The van der Waals surface area contributed by atoms with Crippen molar-refractivity contribution in [2.75, 3.05) is 0 Å². The number of hydrogen-bond donors (Lipinski definition) is 0. The number of fused-ring (bicyclic) bond motifs is 3. The van der Waals surface area contributed by atoms with Gasteiger partial charge in [-0.1, -0.05) is 34.6 Å². The van der Waals surface area contributed by atoms with Crippen LogP contribution in [0.1, 0.15) is 23.1 Å². The van der Waals surface area contributed by atoms with Crippen LogP contribution < -0.4 is 0 Å². The molecule has 0 aliphatic heterocycles. The molecule has 72 valence electrons. The largest absolute Gasteiger partial charge is 0.432 e. The van der Waals surface area contributed by atoms with Crippen LogP contribution in [0.15, 0.2) is 12.4 Å². The fraction of sp³-hybridized carbons (Fsp3) is 0.364. The Kier molecular flexibility index (Phi) is 2.48. The molecule has 2 aromatic rings. The predicted molar refractivity (Wildman–Crippen MR) is 50.8 cm³/mol. The van der Waals surface area contributed by atoms with Gasteiger partial charge in [-0.15, -0.1) is 0 Å². The van der Waals surface area contributed by atoms with Crippen molar-refractivity contribution >= 4 is 5.52 Å². The Morgan fingerprint density at radius 1 is 1.36 bits per heavy atom. The molecule has 1 aliphatic carbocycles. The Labute approximate surface area is 97.6 Å². The van der Waals surface area contributed by atoms with E-state index in [2.05, 4.69) is 24.4 Å². The first-order valence-electron chi connectivity index (χ1n) is 4.72. The van der Waals surface area contributed by atoms with E-state index < -0.39 is 0 Å². The summed E-state index contributed by atoms with van der Waals surface area (Å²) in [5, 5.41) is 0. The van der Waals surface area contributed by atoms with Crippen molar-refractivity contribution in [1.29, 1.82) is 0 Å². The first-order valence-corrected chi connectivity index (χ1v) is 4.72. The molecule has 0 saturated carbocycles. The van der Waals surface area contributed by atoms with Gasteiger partial charge in [0.05, 0.1) is 0 Å². The fourth-order valence-corrected chi connectivity index (χ4v) is 2.32. The zero-order valence-electron chi connectivity index (χ0n) is 8.08. The standard InChI is InChI=1S/C11H11N2.W/c1-8-6-13-7-12-5-11(13)10-4-2-3-9(8)10;/h5-6H,2-4H2,1H3;/q-1;. The van der Waals surface area contributed by atoms with Gasteiger partial charge in [-0.3, -0.25) is 0 Å². The van der Waals surface area contributed by atoms with E-state index in [1.165, 1.54) is 35.9 Å². The number of imidazole rings is 1. The fourth-order valence-electron chi connectivity index (χ4n) is 2.32. The molecule has 3 heteroatoms. The Bertz CT molecular complexity index is 473. The van der Waals surface area contributed by atoms with Crippen molar-refractivity contribution in [1.82, 2.24) is 9.38 Å². The Balaban J connectivity index is 0.000000750. The second-order valence-corrected chi connectivity index (χ2v) is 3.74. The number of aromatic nitrogens is 2. The number of nitrogens with zero attached hydrogens (tertiary/aromatic N) is 2. The molecule has 0 saturated heterocycles. The monoisotopic (exact) mass is 355 g/mol. The normalized spacial score (nSPS) is 14.1. The molecule has 2 aromatic heterocycles. The van der Waals surface area contributed by atoms with E-state index in [-0.39, 0.29) is 21.1 Å². The van der Waals surface area contributed by atoms with E-state index in [1.807, 2.05) is 10.6 Å². The Hall–Kier alpha value is -0.622. The third-order valence-electron chi connectivity index (χ3n) is 2.94. The van der Waals surface area contributed by atoms with E-state index in [1.54, 1.807) is 5.56 Å². The molecule has 0 N–H and O–H groups in total. The summed E-state index contributed by atoms with van der Waals surface area (Å²) in [6, 6.07) is 0. The molecule has 3 rings (SSSR count). The molecule has 1 aliphatic rings. The maximum atomic E-state index is 4.06. The zero-order valence-corrected chi connectivity index (χ0v) is 11.0. The average molecular weight is 355 g/mol. The van der Waals surface area contributed by atoms with Crippen LogP contribution in [0, 0.1) is 13.3 Å². The molecule has 0 unspecified atom stereocenters. The molecule has 14 heavy (non-hydrogen) atoms. The Morgan fingerprint density at radius 3 is 3.00 bits per heavy atom. The molecular weight excluding hydrogens is 344 g/mol. The van der Waals surface area contributed by atoms with Crippen LogP contribution in [0.2, 0.25) is 0 Å². The van der Waals surface area contributed by atoms with E-state index >= 15 is 0 Å². The summed E-state index contributed by atoms with van der Waals surface area (Å²) in [4.78, 5) is 4.06. The molecule has 0 spiro atoms. The van der Waals surface area contributed by atoms with Gasteiger partial charge in [0.1, 0.15) is 0 Å². The van der Waals surface area contributed by atoms with Gasteiger partial charge in [-0.05, 0) is 26.2 Å². The predicted octanol–water partition coefficient (Wildman–Crippen LogP) is 1.93. The summed E-state index contributed by atoms with van der Waals surface area (Å²) in [5.41, 5.74) is 5.67. The van der Waals surface area contributed by atoms with Gasteiger partial charge in [0.2, 0.25) is 0 Å². The summed E-state index contributed by atoms with van der Waals surface area (Å²) in [6.07, 6.45) is 10.7. The van der Waals surface area contributed by atoms with E-state index in [4.69, 9.17) is 0 Å². The first kappa shape index (κ1) is 9.92. The zero-order chi connectivity index (χ0) is 8.84. The number of pyridine rings is 1. The van der Waals surface area contributed by atoms with Gasteiger partial charge in [0.15, 0.2) is 0 Å². The molecule has 0 radical (unpaired) electrons. The van der Waals surface area contributed by atoms with E-state index in [0.717, 1.165) is 0 Å². The van der Waals surface area contributed by atoms with Crippen molar-refractivity contribution in [3.05, 3.63) is 35.4 Å². The number of aryl methyl sites for hydroxylation is 2. The molecular formula is C11H11N2W-. The molecule has 2 heterocycles. The van der Waals surface area contributed by atoms with Crippen LogP contribution in [-0.2, 0) is 33.9 Å². The minimum Gasteiger partial charge on any atom is -0.432 e. The van der Waals surface area contributed by atoms with Gasteiger partial charge in [-0.25, -0.2) is 0 Å². The van der Waals surface area contributed by atoms with Gasteiger partial charge in [-0.2, -0.15) is 0 Å². The second-order valence-electron chi connectivity index (χ2n) is 3.74. The number of hydrogen-bond acceptors (Lipinski definition) is 1. The minimum atomic E-state index is 0. The summed E-state index contributed by atoms with van der Waals surface area (Å²) < 4.78 is 2.01. The summed E-state index contributed by atoms with van der Waals surface area (Å²) in [7, 11) is 0. The maximum absolute atomic E-state index is 4.06. The van der Waals surface area contributed by atoms with Crippen LogP contribution in [0.3, 0.4) is 0 Å². The topological polar surface area (TPSA) is 17.3 Å². The van der Waals surface area contributed by atoms with Crippen molar-refractivity contribution < 1.29 is 21.1 Å². The minimum absolute atomic E-state index is 0. The first-order chi connectivity index (χ1) is 6.36. The van der Waals surface area contributed by atoms with Gasteiger partial charge in [0.25, 0.3) is 0 Å². The molecule has 0 atom stereocenters. The molecule has 0 bridgehead atoms. The van der Waals surface area contributed by atoms with Crippen LogP contribution in [-0.4, -0.2) is 9.38 Å². The van der Waals surface area contributed by atoms with Crippen molar-refractivity contribution in [3.63, 3.8) is 0 Å². The smallest absolute Gasteiger partial charge is 0.0407 e. The summed E-state index contributed by atoms with van der Waals surface area (Å²) in [6.45, 7) is 2.18. The van der Waals surface area contributed by atoms with Gasteiger partial charge >= 0.3 is 0 Å². The summed E-state index contributed by atoms with van der Waals surface area (Å²) in [5.74, 6) is 0. The third-order valence-corrected chi connectivity index (χ3v) is 2.94. The maximum Gasteiger partial charge on any atom is 0.0407 e. The van der Waals surface area contributed by atoms with Crippen molar-refractivity contribution in [2.45, 2.75) is 26.2 Å². The quantitative estimate of drug-likeness (QED) is 0.661. The summed E-state index contributed by atoms with van der Waals surface area (Å²) >= 11 is 0.